The van der Waals surface area contributed by atoms with Gasteiger partial charge in [-0.1, -0.05) is 6.07 Å². The number of aliphatic hydroxyl groups excluding tert-OH is 1. The van der Waals surface area contributed by atoms with Crippen LogP contribution in [0.4, 0.5) is 0 Å². The van der Waals surface area contributed by atoms with E-state index in [-0.39, 0.29) is 11.5 Å². The van der Waals surface area contributed by atoms with Crippen LogP contribution in [0.2, 0.25) is 0 Å². The van der Waals surface area contributed by atoms with Crippen molar-refractivity contribution in [2.75, 3.05) is 35.0 Å². The second-order valence-electron chi connectivity index (χ2n) is 6.38. The molecule has 0 spiro atoms. The topological polar surface area (TPSA) is 101 Å². The van der Waals surface area contributed by atoms with E-state index >= 15 is 0 Å². The smallest absolute Gasteiger partial charge is 0.317 e. The summed E-state index contributed by atoms with van der Waals surface area (Å²) in [5, 5.41) is 10.0. The standard InChI is InChI=1S/C22H26O8/c1-13(24)14-6-9-17(19(10-14)28-4)30-20(12-23)21(22(25)29-5)15-7-8-16(26-2)18(11-15)27-3/h6-11,20-21,23H,12H2,1-5H3. The van der Waals surface area contributed by atoms with Crippen LogP contribution in [-0.2, 0) is 9.53 Å². The first-order valence-corrected chi connectivity index (χ1v) is 9.16. The van der Waals surface area contributed by atoms with Gasteiger partial charge in [0.15, 0.2) is 28.8 Å². The zero-order chi connectivity index (χ0) is 22.3. The van der Waals surface area contributed by atoms with Crippen LogP contribution >= 0.6 is 0 Å². The number of ketones is 1. The molecule has 0 amide bonds. The van der Waals surface area contributed by atoms with Crippen LogP contribution in [0.1, 0.15) is 28.8 Å². The summed E-state index contributed by atoms with van der Waals surface area (Å²) in [5.41, 5.74) is 0.960. The highest BCUT2D eigenvalue weighted by molar-refractivity contribution is 5.94. The van der Waals surface area contributed by atoms with E-state index in [0.29, 0.717) is 28.4 Å². The largest absolute Gasteiger partial charge is 0.493 e. The van der Waals surface area contributed by atoms with Gasteiger partial charge in [0.05, 0.1) is 35.0 Å². The summed E-state index contributed by atoms with van der Waals surface area (Å²) in [6.07, 6.45) is -0.993. The molecule has 0 aromatic heterocycles. The fraction of sp³-hybridized carbons (Fsp3) is 0.364. The number of benzene rings is 2. The summed E-state index contributed by atoms with van der Waals surface area (Å²) in [5.74, 6) is -0.196. The summed E-state index contributed by atoms with van der Waals surface area (Å²) in [4.78, 5) is 24.2. The number of ether oxygens (including phenoxy) is 5. The number of Topliss-reactive ketones (excluding diaryl/α,β-unsaturated/α-hetero) is 1. The molecule has 0 saturated carbocycles. The minimum atomic E-state index is -0.993. The Balaban J connectivity index is 2.46. The van der Waals surface area contributed by atoms with Crippen molar-refractivity contribution in [3.8, 4) is 23.0 Å². The summed E-state index contributed by atoms with van der Waals surface area (Å²) in [6.45, 7) is 0.960. The average molecular weight is 418 g/mol. The van der Waals surface area contributed by atoms with Gasteiger partial charge in [0.1, 0.15) is 12.0 Å². The van der Waals surface area contributed by atoms with Crippen molar-refractivity contribution < 1.29 is 38.4 Å². The maximum absolute atomic E-state index is 12.6. The molecular formula is C22H26O8. The van der Waals surface area contributed by atoms with E-state index in [1.54, 1.807) is 30.3 Å². The van der Waals surface area contributed by atoms with E-state index in [9.17, 15) is 14.7 Å². The fourth-order valence-corrected chi connectivity index (χ4v) is 3.03. The summed E-state index contributed by atoms with van der Waals surface area (Å²) in [7, 11) is 5.68. The minimum absolute atomic E-state index is 0.128. The third kappa shape index (κ3) is 5.01. The first kappa shape index (κ1) is 23.0. The molecule has 0 bridgehead atoms. The van der Waals surface area contributed by atoms with Crippen LogP contribution in [0.15, 0.2) is 36.4 Å². The third-order valence-corrected chi connectivity index (χ3v) is 4.62. The van der Waals surface area contributed by atoms with Crippen LogP contribution in [0.5, 0.6) is 23.0 Å². The zero-order valence-electron chi connectivity index (χ0n) is 17.6. The molecule has 0 aliphatic rings. The summed E-state index contributed by atoms with van der Waals surface area (Å²) >= 11 is 0. The van der Waals surface area contributed by atoms with Gasteiger partial charge < -0.3 is 28.8 Å². The van der Waals surface area contributed by atoms with Crippen molar-refractivity contribution in [3.05, 3.63) is 47.5 Å². The Morgan fingerprint density at radius 1 is 0.867 bits per heavy atom. The molecule has 2 atom stereocenters. The maximum atomic E-state index is 12.6. The number of hydrogen-bond acceptors (Lipinski definition) is 8. The second-order valence-corrected chi connectivity index (χ2v) is 6.38. The quantitative estimate of drug-likeness (QED) is 0.464. The van der Waals surface area contributed by atoms with E-state index in [1.165, 1.54) is 41.4 Å². The maximum Gasteiger partial charge on any atom is 0.317 e. The van der Waals surface area contributed by atoms with Crippen molar-refractivity contribution in [2.45, 2.75) is 18.9 Å². The van der Waals surface area contributed by atoms with E-state index in [2.05, 4.69) is 0 Å². The fourth-order valence-electron chi connectivity index (χ4n) is 3.03. The molecule has 0 fully saturated rings. The second kappa shape index (κ2) is 10.5. The predicted octanol–water partition coefficient (Wildman–Crippen LogP) is 2.61. The van der Waals surface area contributed by atoms with Crippen molar-refractivity contribution in [1.29, 1.82) is 0 Å². The Morgan fingerprint density at radius 2 is 1.47 bits per heavy atom. The van der Waals surface area contributed by atoms with Crippen LogP contribution in [0.3, 0.4) is 0 Å². The molecule has 1 N–H and O–H groups in total. The molecule has 162 valence electrons. The molecule has 0 radical (unpaired) electrons. The third-order valence-electron chi connectivity index (χ3n) is 4.62. The number of carbonyl (C=O) groups is 2. The lowest BCUT2D eigenvalue weighted by atomic mass is 9.93. The predicted molar refractivity (Wildman–Crippen MR) is 109 cm³/mol. The number of carbonyl (C=O) groups excluding carboxylic acids is 2. The van der Waals surface area contributed by atoms with Crippen molar-refractivity contribution >= 4 is 11.8 Å². The monoisotopic (exact) mass is 418 g/mol. The molecule has 2 aromatic carbocycles. The molecule has 0 aliphatic carbocycles. The van der Waals surface area contributed by atoms with Crippen LogP contribution in [0.25, 0.3) is 0 Å². The van der Waals surface area contributed by atoms with Crippen molar-refractivity contribution in [2.24, 2.45) is 0 Å². The van der Waals surface area contributed by atoms with Gasteiger partial charge in [-0.2, -0.15) is 0 Å². The Kier molecular flexibility index (Phi) is 8.06. The number of rotatable bonds is 10. The van der Waals surface area contributed by atoms with Gasteiger partial charge in [0, 0.05) is 5.56 Å². The number of hydrogen-bond donors (Lipinski definition) is 1. The van der Waals surface area contributed by atoms with Gasteiger partial charge >= 0.3 is 5.97 Å². The van der Waals surface area contributed by atoms with E-state index in [0.717, 1.165) is 0 Å². The van der Waals surface area contributed by atoms with Gasteiger partial charge in [-0.15, -0.1) is 0 Å². The molecule has 8 heteroatoms. The van der Waals surface area contributed by atoms with E-state index < -0.39 is 24.6 Å². The first-order valence-electron chi connectivity index (χ1n) is 9.16. The van der Waals surface area contributed by atoms with Crippen molar-refractivity contribution in [1.82, 2.24) is 0 Å². The molecule has 2 rings (SSSR count). The highest BCUT2D eigenvalue weighted by Gasteiger charge is 2.34. The SMILES string of the molecule is COC(=O)C(c1ccc(OC)c(OC)c1)C(CO)Oc1ccc(C(C)=O)cc1OC. The molecule has 2 aromatic rings. The molecule has 0 heterocycles. The van der Waals surface area contributed by atoms with Crippen LogP contribution < -0.4 is 18.9 Å². The lowest BCUT2D eigenvalue weighted by Crippen LogP contribution is -2.35. The Morgan fingerprint density at radius 3 is 2.00 bits per heavy atom. The molecule has 0 aliphatic heterocycles. The minimum Gasteiger partial charge on any atom is -0.493 e. The average Bonchev–Trinajstić information content (AvgIpc) is 2.77. The molecule has 8 nitrogen and oxygen atoms in total. The van der Waals surface area contributed by atoms with Gasteiger partial charge in [0.25, 0.3) is 0 Å². The zero-order valence-corrected chi connectivity index (χ0v) is 17.6. The number of esters is 1. The first-order chi connectivity index (χ1) is 14.4. The van der Waals surface area contributed by atoms with Crippen LogP contribution in [0, 0.1) is 0 Å². The highest BCUT2D eigenvalue weighted by Crippen LogP contribution is 2.35. The van der Waals surface area contributed by atoms with Crippen LogP contribution in [-0.4, -0.2) is 58.0 Å². The lowest BCUT2D eigenvalue weighted by Gasteiger charge is -2.26. The molecule has 0 saturated heterocycles. The van der Waals surface area contributed by atoms with E-state index in [1.807, 2.05) is 0 Å². The summed E-state index contributed by atoms with van der Waals surface area (Å²) in [6, 6.07) is 9.63. The summed E-state index contributed by atoms with van der Waals surface area (Å²) < 4.78 is 26.7. The molecule has 30 heavy (non-hydrogen) atoms. The molecule has 2 unspecified atom stereocenters. The van der Waals surface area contributed by atoms with Gasteiger partial charge in [0.2, 0.25) is 0 Å². The highest BCUT2D eigenvalue weighted by atomic mass is 16.5. The Bertz CT molecular complexity index is 893. The van der Waals surface area contributed by atoms with Gasteiger partial charge in [-0.05, 0) is 42.8 Å². The van der Waals surface area contributed by atoms with Gasteiger partial charge in [-0.25, -0.2) is 0 Å². The number of aliphatic hydroxyl groups is 1. The lowest BCUT2D eigenvalue weighted by molar-refractivity contribution is -0.145. The van der Waals surface area contributed by atoms with Gasteiger partial charge in [-0.3, -0.25) is 9.59 Å². The molecular weight excluding hydrogens is 392 g/mol. The Labute approximate surface area is 175 Å². The number of methoxy groups -OCH3 is 4. The Hall–Kier alpha value is -3.26. The normalized spacial score (nSPS) is 12.5. The van der Waals surface area contributed by atoms with Crippen molar-refractivity contribution in [3.63, 3.8) is 0 Å². The van der Waals surface area contributed by atoms with E-state index in [4.69, 9.17) is 23.7 Å².